The largest absolute Gasteiger partial charge is 0.394 e. The second kappa shape index (κ2) is 6.61. The summed E-state index contributed by atoms with van der Waals surface area (Å²) in [6.45, 7) is 4.73. The zero-order valence-electron chi connectivity index (χ0n) is 11.7. The smallest absolute Gasteiger partial charge is 0.0660 e. The van der Waals surface area contributed by atoms with Crippen molar-refractivity contribution in [3.63, 3.8) is 0 Å². The third-order valence-electron chi connectivity index (χ3n) is 3.36. The van der Waals surface area contributed by atoms with Gasteiger partial charge in [-0.25, -0.2) is 0 Å². The van der Waals surface area contributed by atoms with Crippen molar-refractivity contribution in [3.8, 4) is 0 Å². The van der Waals surface area contributed by atoms with E-state index in [0.29, 0.717) is 16.6 Å². The lowest BCUT2D eigenvalue weighted by Crippen LogP contribution is -2.06. The van der Waals surface area contributed by atoms with Crippen LogP contribution in [0, 0.1) is 6.92 Å². The van der Waals surface area contributed by atoms with Crippen molar-refractivity contribution < 1.29 is 5.11 Å². The van der Waals surface area contributed by atoms with Crippen molar-refractivity contribution in [2.24, 2.45) is 0 Å². The summed E-state index contributed by atoms with van der Waals surface area (Å²) >= 11 is 12.1. The van der Waals surface area contributed by atoms with Gasteiger partial charge in [0, 0.05) is 27.7 Å². The SMILES string of the molecule is CCc1nn(CCO)c(C)c1Cc1cc(Cl)cc(Cl)c1. The Balaban J connectivity index is 2.36. The average Bonchev–Trinajstić information content (AvgIpc) is 2.66. The van der Waals surface area contributed by atoms with Crippen molar-refractivity contribution in [1.82, 2.24) is 9.78 Å². The average molecular weight is 313 g/mol. The molecule has 0 bridgehead atoms. The van der Waals surface area contributed by atoms with Crippen LogP contribution in [0.3, 0.4) is 0 Å². The minimum Gasteiger partial charge on any atom is -0.394 e. The standard InChI is InChI=1S/C15H18Cl2N2O/c1-3-15-14(10(2)19(18-15)4-5-20)8-11-6-12(16)9-13(17)7-11/h6-7,9,20H,3-5,8H2,1-2H3. The summed E-state index contributed by atoms with van der Waals surface area (Å²) in [4.78, 5) is 0. The number of benzene rings is 1. The van der Waals surface area contributed by atoms with E-state index in [0.717, 1.165) is 29.8 Å². The molecule has 1 aromatic heterocycles. The normalized spacial score (nSPS) is 11.1. The monoisotopic (exact) mass is 312 g/mol. The molecule has 1 aromatic carbocycles. The Kier molecular flexibility index (Phi) is 5.08. The maximum atomic E-state index is 9.08. The number of aliphatic hydroxyl groups excluding tert-OH is 1. The molecule has 0 saturated carbocycles. The summed E-state index contributed by atoms with van der Waals surface area (Å²) in [6, 6.07) is 5.58. The number of hydrogen-bond donors (Lipinski definition) is 1. The first kappa shape index (κ1) is 15.4. The van der Waals surface area contributed by atoms with Gasteiger partial charge in [-0.1, -0.05) is 30.1 Å². The maximum absolute atomic E-state index is 9.08. The molecule has 3 nitrogen and oxygen atoms in total. The van der Waals surface area contributed by atoms with E-state index in [1.807, 2.05) is 23.7 Å². The Bertz CT molecular complexity index is 588. The lowest BCUT2D eigenvalue weighted by Gasteiger charge is -2.06. The van der Waals surface area contributed by atoms with E-state index >= 15 is 0 Å². The molecule has 2 rings (SSSR count). The lowest BCUT2D eigenvalue weighted by molar-refractivity contribution is 0.267. The van der Waals surface area contributed by atoms with Gasteiger partial charge in [0.1, 0.15) is 0 Å². The molecule has 0 atom stereocenters. The van der Waals surface area contributed by atoms with Crippen LogP contribution >= 0.6 is 23.2 Å². The Morgan fingerprint density at radius 1 is 1.20 bits per heavy atom. The van der Waals surface area contributed by atoms with Crippen LogP contribution in [0.25, 0.3) is 0 Å². The highest BCUT2D eigenvalue weighted by Gasteiger charge is 2.14. The molecule has 0 aliphatic heterocycles. The summed E-state index contributed by atoms with van der Waals surface area (Å²) in [5.74, 6) is 0. The molecule has 2 aromatic rings. The van der Waals surface area contributed by atoms with Crippen molar-refractivity contribution >= 4 is 23.2 Å². The van der Waals surface area contributed by atoms with Gasteiger partial charge in [0.05, 0.1) is 18.8 Å². The molecule has 0 spiro atoms. The van der Waals surface area contributed by atoms with Crippen LogP contribution in [-0.2, 0) is 19.4 Å². The predicted octanol–water partition coefficient (Wildman–Crippen LogP) is 3.64. The molecule has 108 valence electrons. The molecule has 0 fully saturated rings. The quantitative estimate of drug-likeness (QED) is 0.915. The van der Waals surface area contributed by atoms with Gasteiger partial charge in [-0.15, -0.1) is 0 Å². The minimum atomic E-state index is 0.0914. The molecule has 1 N–H and O–H groups in total. The lowest BCUT2D eigenvalue weighted by atomic mass is 10.0. The summed E-state index contributed by atoms with van der Waals surface area (Å²) in [6.07, 6.45) is 1.61. The second-order valence-electron chi connectivity index (χ2n) is 4.77. The van der Waals surface area contributed by atoms with E-state index in [-0.39, 0.29) is 6.61 Å². The van der Waals surface area contributed by atoms with Crippen LogP contribution in [0.5, 0.6) is 0 Å². The van der Waals surface area contributed by atoms with Crippen LogP contribution in [-0.4, -0.2) is 21.5 Å². The maximum Gasteiger partial charge on any atom is 0.0660 e. The molecule has 0 radical (unpaired) electrons. The van der Waals surface area contributed by atoms with Crippen molar-refractivity contribution in [1.29, 1.82) is 0 Å². The van der Waals surface area contributed by atoms with Crippen LogP contribution in [0.2, 0.25) is 10.0 Å². The number of aromatic nitrogens is 2. The number of rotatable bonds is 5. The molecular weight excluding hydrogens is 295 g/mol. The van der Waals surface area contributed by atoms with Crippen molar-refractivity contribution in [3.05, 3.63) is 50.8 Å². The van der Waals surface area contributed by atoms with Crippen LogP contribution in [0.15, 0.2) is 18.2 Å². The fraction of sp³-hybridized carbons (Fsp3) is 0.400. The Morgan fingerprint density at radius 2 is 1.85 bits per heavy atom. The van der Waals surface area contributed by atoms with E-state index in [1.165, 1.54) is 5.56 Å². The third-order valence-corrected chi connectivity index (χ3v) is 3.80. The van der Waals surface area contributed by atoms with Crippen molar-refractivity contribution in [2.75, 3.05) is 6.61 Å². The number of hydrogen-bond acceptors (Lipinski definition) is 2. The van der Waals surface area contributed by atoms with Crippen LogP contribution < -0.4 is 0 Å². The first-order chi connectivity index (χ1) is 9.55. The highest BCUT2D eigenvalue weighted by Crippen LogP contribution is 2.24. The molecular formula is C15H18Cl2N2O. The van der Waals surface area contributed by atoms with Gasteiger partial charge in [-0.3, -0.25) is 4.68 Å². The van der Waals surface area contributed by atoms with E-state index in [1.54, 1.807) is 6.07 Å². The zero-order chi connectivity index (χ0) is 14.7. The van der Waals surface area contributed by atoms with Crippen molar-refractivity contribution in [2.45, 2.75) is 33.2 Å². The predicted molar refractivity (Wildman–Crippen MR) is 82.7 cm³/mol. The Labute approximate surface area is 129 Å². The number of aliphatic hydroxyl groups is 1. The highest BCUT2D eigenvalue weighted by atomic mass is 35.5. The fourth-order valence-corrected chi connectivity index (χ4v) is 2.96. The summed E-state index contributed by atoms with van der Waals surface area (Å²) < 4.78 is 1.86. The summed E-state index contributed by atoms with van der Waals surface area (Å²) in [7, 11) is 0. The van der Waals surface area contributed by atoms with Gasteiger partial charge < -0.3 is 5.11 Å². The molecule has 5 heteroatoms. The van der Waals surface area contributed by atoms with E-state index in [4.69, 9.17) is 28.3 Å². The van der Waals surface area contributed by atoms with Gasteiger partial charge in [0.25, 0.3) is 0 Å². The summed E-state index contributed by atoms with van der Waals surface area (Å²) in [5.41, 5.74) is 4.42. The van der Waals surface area contributed by atoms with Gasteiger partial charge in [-0.05, 0) is 37.1 Å². The van der Waals surface area contributed by atoms with Crippen LogP contribution in [0.4, 0.5) is 0 Å². The molecule has 20 heavy (non-hydrogen) atoms. The van der Waals surface area contributed by atoms with E-state index in [2.05, 4.69) is 12.0 Å². The molecule has 0 aliphatic carbocycles. The minimum absolute atomic E-state index is 0.0914. The van der Waals surface area contributed by atoms with Gasteiger partial charge >= 0.3 is 0 Å². The van der Waals surface area contributed by atoms with Gasteiger partial charge in [-0.2, -0.15) is 5.10 Å². The zero-order valence-corrected chi connectivity index (χ0v) is 13.2. The molecule has 1 heterocycles. The molecule has 0 amide bonds. The first-order valence-corrected chi connectivity index (χ1v) is 7.41. The molecule has 0 saturated heterocycles. The Hall–Kier alpha value is -1.03. The number of aryl methyl sites for hydroxylation is 1. The second-order valence-corrected chi connectivity index (χ2v) is 5.64. The fourth-order valence-electron chi connectivity index (χ4n) is 2.39. The molecule has 0 unspecified atom stereocenters. The summed E-state index contributed by atoms with van der Waals surface area (Å²) in [5, 5.41) is 14.9. The van der Waals surface area contributed by atoms with Crippen LogP contribution in [0.1, 0.15) is 29.4 Å². The van der Waals surface area contributed by atoms with E-state index in [9.17, 15) is 0 Å². The first-order valence-electron chi connectivity index (χ1n) is 6.66. The number of nitrogens with zero attached hydrogens (tertiary/aromatic N) is 2. The Morgan fingerprint density at radius 3 is 2.40 bits per heavy atom. The highest BCUT2D eigenvalue weighted by molar-refractivity contribution is 6.34. The number of halogens is 2. The third kappa shape index (κ3) is 3.35. The van der Waals surface area contributed by atoms with Gasteiger partial charge in [0.2, 0.25) is 0 Å². The van der Waals surface area contributed by atoms with Gasteiger partial charge in [0.15, 0.2) is 0 Å². The van der Waals surface area contributed by atoms with E-state index < -0.39 is 0 Å². The topological polar surface area (TPSA) is 38.0 Å². The molecule has 0 aliphatic rings.